The molecule has 0 spiro atoms. The van der Waals surface area contributed by atoms with Crippen LogP contribution in [0.3, 0.4) is 0 Å². The van der Waals surface area contributed by atoms with Gasteiger partial charge in [0.1, 0.15) is 6.07 Å². The second kappa shape index (κ2) is 4.62. The van der Waals surface area contributed by atoms with Crippen LogP contribution >= 0.6 is 0 Å². The third-order valence-corrected chi connectivity index (χ3v) is 3.64. The van der Waals surface area contributed by atoms with E-state index in [1.165, 1.54) is 24.0 Å². The van der Waals surface area contributed by atoms with Crippen LogP contribution in [0.4, 0.5) is 0 Å². The molecular weight excluding hydrogens is 220 g/mol. The fourth-order valence-electron chi connectivity index (χ4n) is 2.73. The van der Waals surface area contributed by atoms with Gasteiger partial charge < -0.3 is 0 Å². The molecule has 2 aromatic rings. The Morgan fingerprint density at radius 1 is 1.00 bits per heavy atom. The summed E-state index contributed by atoms with van der Waals surface area (Å²) in [6, 6.07) is 10.6. The van der Waals surface area contributed by atoms with Crippen molar-refractivity contribution >= 4 is 0 Å². The Morgan fingerprint density at radius 3 is 2.56 bits per heavy atom. The Labute approximate surface area is 107 Å². The van der Waals surface area contributed by atoms with Crippen molar-refractivity contribution in [2.75, 3.05) is 0 Å². The van der Waals surface area contributed by atoms with Crippen molar-refractivity contribution in [3.8, 4) is 17.2 Å². The molecule has 0 saturated heterocycles. The first-order valence-corrected chi connectivity index (χ1v) is 6.35. The van der Waals surface area contributed by atoms with Crippen molar-refractivity contribution < 1.29 is 0 Å². The highest BCUT2D eigenvalue weighted by Crippen LogP contribution is 2.31. The molecule has 0 unspecified atom stereocenters. The first-order valence-electron chi connectivity index (χ1n) is 6.35. The van der Waals surface area contributed by atoms with Crippen molar-refractivity contribution in [3.05, 3.63) is 53.3 Å². The van der Waals surface area contributed by atoms with Gasteiger partial charge in [0.25, 0.3) is 0 Å². The maximum Gasteiger partial charge on any atom is 0.100 e. The monoisotopic (exact) mass is 234 g/mol. The molecule has 0 saturated carbocycles. The zero-order valence-corrected chi connectivity index (χ0v) is 10.2. The van der Waals surface area contributed by atoms with Crippen molar-refractivity contribution in [1.82, 2.24) is 4.98 Å². The minimum atomic E-state index is 0.860. The van der Waals surface area contributed by atoms with E-state index in [1.807, 2.05) is 12.1 Å². The maximum atomic E-state index is 9.47. The second-order valence-corrected chi connectivity index (χ2v) is 4.68. The van der Waals surface area contributed by atoms with Crippen molar-refractivity contribution in [2.45, 2.75) is 25.7 Å². The van der Waals surface area contributed by atoms with Crippen LogP contribution in [0, 0.1) is 11.3 Å². The van der Waals surface area contributed by atoms with E-state index in [-0.39, 0.29) is 0 Å². The molecule has 0 radical (unpaired) electrons. The van der Waals surface area contributed by atoms with Crippen LogP contribution < -0.4 is 0 Å². The molecule has 1 aromatic carbocycles. The average molecular weight is 234 g/mol. The zero-order chi connectivity index (χ0) is 12.4. The Morgan fingerprint density at radius 2 is 1.78 bits per heavy atom. The summed E-state index contributed by atoms with van der Waals surface area (Å²) in [5.74, 6) is 0. The van der Waals surface area contributed by atoms with Gasteiger partial charge in [-0.05, 0) is 60.1 Å². The summed E-state index contributed by atoms with van der Waals surface area (Å²) < 4.78 is 0. The number of fused-ring (bicyclic) bond motifs is 1. The van der Waals surface area contributed by atoms with E-state index in [0.717, 1.165) is 29.5 Å². The van der Waals surface area contributed by atoms with Gasteiger partial charge in [-0.1, -0.05) is 12.1 Å². The van der Waals surface area contributed by atoms with Gasteiger partial charge in [-0.25, -0.2) is 0 Å². The van der Waals surface area contributed by atoms with Crippen LogP contribution in [0.25, 0.3) is 11.1 Å². The molecule has 1 aromatic heterocycles. The van der Waals surface area contributed by atoms with Gasteiger partial charge in [-0.15, -0.1) is 0 Å². The second-order valence-electron chi connectivity index (χ2n) is 4.68. The molecule has 2 nitrogen and oxygen atoms in total. The first kappa shape index (κ1) is 11.0. The standard InChI is InChI=1S/C16H14N2/c17-11-16-14-4-2-1-3-12(14)5-6-15(16)13-7-9-18-10-8-13/h5-10H,1-4H2. The van der Waals surface area contributed by atoms with E-state index in [1.54, 1.807) is 12.4 Å². The summed E-state index contributed by atoms with van der Waals surface area (Å²) in [5, 5.41) is 9.47. The number of rotatable bonds is 1. The summed E-state index contributed by atoms with van der Waals surface area (Å²) in [5.41, 5.74) is 5.60. The van der Waals surface area contributed by atoms with E-state index < -0.39 is 0 Å². The van der Waals surface area contributed by atoms with E-state index in [4.69, 9.17) is 0 Å². The Balaban J connectivity index is 2.20. The van der Waals surface area contributed by atoms with Gasteiger partial charge in [0, 0.05) is 12.4 Å². The lowest BCUT2D eigenvalue weighted by Gasteiger charge is -2.19. The average Bonchev–Trinajstić information content (AvgIpc) is 2.47. The summed E-state index contributed by atoms with van der Waals surface area (Å²) in [4.78, 5) is 4.03. The van der Waals surface area contributed by atoms with Crippen molar-refractivity contribution in [1.29, 1.82) is 5.26 Å². The van der Waals surface area contributed by atoms with Crippen molar-refractivity contribution in [3.63, 3.8) is 0 Å². The Kier molecular flexibility index (Phi) is 2.82. The van der Waals surface area contributed by atoms with Crippen LogP contribution in [0.1, 0.15) is 29.5 Å². The van der Waals surface area contributed by atoms with Crippen LogP contribution in [0.15, 0.2) is 36.7 Å². The van der Waals surface area contributed by atoms with Crippen LogP contribution in [0.5, 0.6) is 0 Å². The topological polar surface area (TPSA) is 36.7 Å². The van der Waals surface area contributed by atoms with Crippen LogP contribution in [0.2, 0.25) is 0 Å². The molecule has 3 rings (SSSR count). The van der Waals surface area contributed by atoms with Crippen molar-refractivity contribution in [2.24, 2.45) is 0 Å². The van der Waals surface area contributed by atoms with E-state index in [0.29, 0.717) is 0 Å². The molecular formula is C16H14N2. The third kappa shape index (κ3) is 1.78. The molecule has 0 amide bonds. The van der Waals surface area contributed by atoms with Gasteiger partial charge in [-0.2, -0.15) is 5.26 Å². The minimum Gasteiger partial charge on any atom is -0.265 e. The fourth-order valence-corrected chi connectivity index (χ4v) is 2.73. The summed E-state index contributed by atoms with van der Waals surface area (Å²) in [7, 11) is 0. The smallest absolute Gasteiger partial charge is 0.100 e. The molecule has 0 fully saturated rings. The van der Waals surface area contributed by atoms with Gasteiger partial charge in [0.05, 0.1) is 5.56 Å². The number of aryl methyl sites for hydroxylation is 1. The molecule has 0 bridgehead atoms. The lowest BCUT2D eigenvalue weighted by molar-refractivity contribution is 0.684. The Hall–Kier alpha value is -2.14. The molecule has 88 valence electrons. The van der Waals surface area contributed by atoms with E-state index in [9.17, 15) is 5.26 Å². The fraction of sp³-hybridized carbons (Fsp3) is 0.250. The largest absolute Gasteiger partial charge is 0.265 e. The predicted molar refractivity (Wildman–Crippen MR) is 71.0 cm³/mol. The highest BCUT2D eigenvalue weighted by Gasteiger charge is 2.16. The van der Waals surface area contributed by atoms with Gasteiger partial charge >= 0.3 is 0 Å². The first-order chi connectivity index (χ1) is 8.90. The molecule has 18 heavy (non-hydrogen) atoms. The number of aromatic nitrogens is 1. The molecule has 1 heterocycles. The number of nitrogens with zero attached hydrogens (tertiary/aromatic N) is 2. The quantitative estimate of drug-likeness (QED) is 0.757. The molecule has 0 atom stereocenters. The van der Waals surface area contributed by atoms with Gasteiger partial charge in [-0.3, -0.25) is 4.98 Å². The maximum absolute atomic E-state index is 9.47. The summed E-state index contributed by atoms with van der Waals surface area (Å²) >= 11 is 0. The minimum absolute atomic E-state index is 0.860. The van der Waals surface area contributed by atoms with Crippen LogP contribution in [-0.2, 0) is 12.8 Å². The lowest BCUT2D eigenvalue weighted by Crippen LogP contribution is -2.06. The predicted octanol–water partition coefficient (Wildman–Crippen LogP) is 3.50. The molecule has 1 aliphatic rings. The van der Waals surface area contributed by atoms with Gasteiger partial charge in [0.15, 0.2) is 0 Å². The SMILES string of the molecule is N#Cc1c(-c2ccncc2)ccc2c1CCCC2. The van der Waals surface area contributed by atoms with Crippen LogP contribution in [-0.4, -0.2) is 4.98 Å². The molecule has 0 aliphatic heterocycles. The Bertz CT molecular complexity index is 609. The highest BCUT2D eigenvalue weighted by atomic mass is 14.6. The molecule has 1 aliphatic carbocycles. The highest BCUT2D eigenvalue weighted by molar-refractivity contribution is 5.73. The number of pyridine rings is 1. The molecule has 2 heteroatoms. The summed E-state index contributed by atoms with van der Waals surface area (Å²) in [6.07, 6.45) is 8.14. The van der Waals surface area contributed by atoms with E-state index in [2.05, 4.69) is 23.2 Å². The number of nitriles is 1. The number of hydrogen-bond donors (Lipinski definition) is 0. The van der Waals surface area contributed by atoms with E-state index >= 15 is 0 Å². The normalized spacial score (nSPS) is 13.7. The molecule has 0 N–H and O–H groups in total. The van der Waals surface area contributed by atoms with Gasteiger partial charge in [0.2, 0.25) is 0 Å². The third-order valence-electron chi connectivity index (χ3n) is 3.64. The number of benzene rings is 1. The zero-order valence-electron chi connectivity index (χ0n) is 10.2. The lowest BCUT2D eigenvalue weighted by atomic mass is 9.85. The number of hydrogen-bond acceptors (Lipinski definition) is 2. The summed E-state index contributed by atoms with van der Waals surface area (Å²) in [6.45, 7) is 0.